The van der Waals surface area contributed by atoms with Gasteiger partial charge in [0.25, 0.3) is 0 Å². The van der Waals surface area contributed by atoms with Gasteiger partial charge < -0.3 is 10.1 Å². The van der Waals surface area contributed by atoms with Crippen LogP contribution in [0, 0.1) is 6.92 Å². The molecule has 0 aliphatic carbocycles. The highest BCUT2D eigenvalue weighted by molar-refractivity contribution is 7.89. The molecule has 0 spiro atoms. The number of nitrogens with one attached hydrogen (secondary N) is 2. The largest absolute Gasteiger partial charge is 0.377 e. The molecule has 2 heterocycles. The predicted octanol–water partition coefficient (Wildman–Crippen LogP) is 1.23. The second-order valence-corrected chi connectivity index (χ2v) is 7.41. The van der Waals surface area contributed by atoms with Crippen molar-refractivity contribution in [2.24, 2.45) is 0 Å². The Hall–Kier alpha value is -0.470. The fourth-order valence-electron chi connectivity index (χ4n) is 2.28. The zero-order valence-corrected chi connectivity index (χ0v) is 13.0. The Morgan fingerprint density at radius 3 is 2.84 bits per heavy atom. The van der Waals surface area contributed by atoms with E-state index in [1.165, 1.54) is 11.3 Å². The average molecular weight is 304 g/mol. The fraction of sp³-hybridized carbons (Fsp3) is 0.667. The van der Waals surface area contributed by atoms with E-state index < -0.39 is 10.0 Å². The van der Waals surface area contributed by atoms with Gasteiger partial charge in [0, 0.05) is 18.0 Å². The summed E-state index contributed by atoms with van der Waals surface area (Å²) in [4.78, 5) is 1.27. The molecular weight excluding hydrogens is 284 g/mol. The van der Waals surface area contributed by atoms with Crippen molar-refractivity contribution in [1.29, 1.82) is 0 Å². The number of aryl methyl sites for hydroxylation is 1. The number of rotatable bonds is 5. The lowest BCUT2D eigenvalue weighted by atomic mass is 10.2. The molecule has 1 aliphatic heterocycles. The summed E-state index contributed by atoms with van der Waals surface area (Å²) in [5, 5.41) is 4.89. The van der Waals surface area contributed by atoms with Gasteiger partial charge in [0.15, 0.2) is 0 Å². The molecule has 2 rings (SSSR count). The van der Waals surface area contributed by atoms with Gasteiger partial charge in [-0.3, -0.25) is 0 Å². The minimum atomic E-state index is -3.48. The van der Waals surface area contributed by atoms with Crippen LogP contribution in [0.15, 0.2) is 10.3 Å². The summed E-state index contributed by atoms with van der Waals surface area (Å²) in [6.45, 7) is 4.90. The number of hydrogen-bond acceptors (Lipinski definition) is 5. The van der Waals surface area contributed by atoms with Gasteiger partial charge in [0.1, 0.15) is 4.90 Å². The number of hydrogen-bond donors (Lipinski definition) is 2. The fourth-order valence-corrected chi connectivity index (χ4v) is 5.44. The van der Waals surface area contributed by atoms with Gasteiger partial charge in [-0.2, -0.15) is 0 Å². The maximum Gasteiger partial charge on any atom is 0.242 e. The molecular formula is C12H20N2O3S2. The lowest BCUT2D eigenvalue weighted by Crippen LogP contribution is -2.39. The van der Waals surface area contributed by atoms with Crippen LogP contribution in [0.3, 0.4) is 0 Å². The van der Waals surface area contributed by atoms with Crippen molar-refractivity contribution in [3.05, 3.63) is 15.8 Å². The van der Waals surface area contributed by atoms with Crippen molar-refractivity contribution in [3.8, 4) is 0 Å². The van der Waals surface area contributed by atoms with E-state index in [4.69, 9.17) is 4.74 Å². The van der Waals surface area contributed by atoms with E-state index in [1.54, 1.807) is 0 Å². The average Bonchev–Trinajstić information content (AvgIpc) is 2.87. The van der Waals surface area contributed by atoms with E-state index in [-0.39, 0.29) is 12.1 Å². The zero-order chi connectivity index (χ0) is 14.0. The van der Waals surface area contributed by atoms with Crippen LogP contribution in [0.2, 0.25) is 0 Å². The van der Waals surface area contributed by atoms with Crippen LogP contribution in [0.5, 0.6) is 0 Å². The molecule has 1 aromatic rings. The van der Waals surface area contributed by atoms with Crippen LogP contribution < -0.4 is 10.0 Å². The Labute approximate surface area is 118 Å². The standard InChI is InChI=1S/C12H20N2O3S2/c1-8-7-18-11(6-13-3)12(8)19(15,16)14-10-4-5-17-9(10)2/h7,9-10,13-14H,4-6H2,1-3H3. The first-order chi connectivity index (χ1) is 8.95. The summed E-state index contributed by atoms with van der Waals surface area (Å²) in [5.74, 6) is 0. The number of sulfonamides is 1. The van der Waals surface area contributed by atoms with Crippen LogP contribution in [-0.4, -0.2) is 34.2 Å². The van der Waals surface area contributed by atoms with Gasteiger partial charge in [0.2, 0.25) is 10.0 Å². The Bertz CT molecular complexity index is 539. The van der Waals surface area contributed by atoms with E-state index in [9.17, 15) is 8.42 Å². The second-order valence-electron chi connectivity index (χ2n) is 4.79. The maximum atomic E-state index is 12.5. The van der Waals surface area contributed by atoms with Crippen molar-refractivity contribution in [2.45, 2.75) is 43.9 Å². The minimum Gasteiger partial charge on any atom is -0.377 e. The molecule has 1 aromatic heterocycles. The van der Waals surface area contributed by atoms with E-state index >= 15 is 0 Å². The molecule has 1 fully saturated rings. The third-order valence-corrected chi connectivity index (χ3v) is 6.23. The summed E-state index contributed by atoms with van der Waals surface area (Å²) < 4.78 is 33.2. The zero-order valence-electron chi connectivity index (χ0n) is 11.4. The van der Waals surface area contributed by atoms with Crippen LogP contribution in [0.4, 0.5) is 0 Å². The van der Waals surface area contributed by atoms with Gasteiger partial charge in [-0.1, -0.05) is 0 Å². The molecule has 5 nitrogen and oxygen atoms in total. The molecule has 2 unspecified atom stereocenters. The molecule has 2 atom stereocenters. The lowest BCUT2D eigenvalue weighted by Gasteiger charge is -2.17. The Morgan fingerprint density at radius 1 is 1.53 bits per heavy atom. The van der Waals surface area contributed by atoms with Crippen LogP contribution >= 0.6 is 11.3 Å². The molecule has 0 radical (unpaired) electrons. The van der Waals surface area contributed by atoms with Crippen molar-refractivity contribution >= 4 is 21.4 Å². The number of ether oxygens (including phenoxy) is 1. The summed E-state index contributed by atoms with van der Waals surface area (Å²) in [7, 11) is -1.67. The highest BCUT2D eigenvalue weighted by Crippen LogP contribution is 2.27. The Kier molecular flexibility index (Phi) is 4.62. The normalized spacial score (nSPS) is 23.9. The first kappa shape index (κ1) is 14.9. The van der Waals surface area contributed by atoms with Gasteiger partial charge in [-0.15, -0.1) is 11.3 Å². The summed E-state index contributed by atoms with van der Waals surface area (Å²) >= 11 is 1.47. The SMILES string of the molecule is CNCc1scc(C)c1S(=O)(=O)NC1CCOC1C. The van der Waals surface area contributed by atoms with Crippen molar-refractivity contribution < 1.29 is 13.2 Å². The van der Waals surface area contributed by atoms with Crippen LogP contribution in [0.25, 0.3) is 0 Å². The first-order valence-corrected chi connectivity index (χ1v) is 8.67. The molecule has 1 aliphatic rings. The highest BCUT2D eigenvalue weighted by Gasteiger charge is 2.31. The van der Waals surface area contributed by atoms with Gasteiger partial charge in [-0.05, 0) is 38.3 Å². The van der Waals surface area contributed by atoms with E-state index in [2.05, 4.69) is 10.0 Å². The summed E-state index contributed by atoms with van der Waals surface area (Å²) in [6.07, 6.45) is 0.659. The molecule has 19 heavy (non-hydrogen) atoms. The third-order valence-electron chi connectivity index (χ3n) is 3.28. The van der Waals surface area contributed by atoms with Crippen LogP contribution in [0.1, 0.15) is 23.8 Å². The highest BCUT2D eigenvalue weighted by atomic mass is 32.2. The summed E-state index contributed by atoms with van der Waals surface area (Å²) in [6, 6.07) is -0.133. The maximum absolute atomic E-state index is 12.5. The second kappa shape index (κ2) is 5.88. The molecule has 7 heteroatoms. The van der Waals surface area contributed by atoms with Gasteiger partial charge in [-0.25, -0.2) is 13.1 Å². The topological polar surface area (TPSA) is 67.4 Å². The Balaban J connectivity index is 2.26. The van der Waals surface area contributed by atoms with Crippen molar-refractivity contribution in [3.63, 3.8) is 0 Å². The van der Waals surface area contributed by atoms with Gasteiger partial charge in [0.05, 0.1) is 12.1 Å². The molecule has 2 N–H and O–H groups in total. The smallest absolute Gasteiger partial charge is 0.242 e. The number of thiophene rings is 1. The van der Waals surface area contributed by atoms with Gasteiger partial charge >= 0.3 is 0 Å². The quantitative estimate of drug-likeness (QED) is 0.858. The van der Waals surface area contributed by atoms with E-state index in [0.29, 0.717) is 18.0 Å². The predicted molar refractivity (Wildman–Crippen MR) is 76.0 cm³/mol. The third kappa shape index (κ3) is 3.17. The molecule has 108 valence electrons. The Morgan fingerprint density at radius 2 is 2.26 bits per heavy atom. The molecule has 0 aromatic carbocycles. The molecule has 0 amide bonds. The first-order valence-electron chi connectivity index (χ1n) is 6.31. The molecule has 1 saturated heterocycles. The summed E-state index contributed by atoms with van der Waals surface area (Å²) in [5.41, 5.74) is 0.800. The van der Waals surface area contributed by atoms with Crippen molar-refractivity contribution in [2.75, 3.05) is 13.7 Å². The monoisotopic (exact) mass is 304 g/mol. The van der Waals surface area contributed by atoms with Crippen molar-refractivity contribution in [1.82, 2.24) is 10.0 Å². The molecule has 0 bridgehead atoms. The van der Waals surface area contributed by atoms with E-state index in [0.717, 1.165) is 16.9 Å². The van der Waals surface area contributed by atoms with Crippen LogP contribution in [-0.2, 0) is 21.3 Å². The minimum absolute atomic E-state index is 0.0681. The lowest BCUT2D eigenvalue weighted by molar-refractivity contribution is 0.117. The molecule has 0 saturated carbocycles. The van der Waals surface area contributed by atoms with E-state index in [1.807, 2.05) is 26.3 Å².